The lowest BCUT2D eigenvalue weighted by molar-refractivity contribution is 0.481. The number of halogens is 1. The molecule has 0 saturated heterocycles. The molecule has 0 amide bonds. The number of nitrogens with zero attached hydrogens (tertiary/aromatic N) is 2. The van der Waals surface area contributed by atoms with Crippen molar-refractivity contribution in [3.05, 3.63) is 17.0 Å². The molecular formula is C11H16BrN3. The fourth-order valence-electron chi connectivity index (χ4n) is 2.20. The summed E-state index contributed by atoms with van der Waals surface area (Å²) >= 11 is 3.28. The van der Waals surface area contributed by atoms with Crippen molar-refractivity contribution in [3.8, 4) is 0 Å². The predicted octanol–water partition coefficient (Wildman–Crippen LogP) is 3.23. The normalized spacial score (nSPS) is 19.1. The van der Waals surface area contributed by atoms with E-state index in [0.29, 0.717) is 6.04 Å². The summed E-state index contributed by atoms with van der Waals surface area (Å²) in [5, 5.41) is 3.42. The molecule has 3 nitrogen and oxygen atoms in total. The van der Waals surface area contributed by atoms with Gasteiger partial charge in [0.05, 0.1) is 12.4 Å². The van der Waals surface area contributed by atoms with Gasteiger partial charge >= 0.3 is 0 Å². The Kier molecular flexibility index (Phi) is 3.57. The average Bonchev–Trinajstić information content (AvgIpc) is 2.74. The lowest BCUT2D eigenvalue weighted by Gasteiger charge is -2.20. The van der Waals surface area contributed by atoms with Crippen molar-refractivity contribution in [1.82, 2.24) is 9.97 Å². The van der Waals surface area contributed by atoms with Crippen LogP contribution in [0.25, 0.3) is 0 Å². The number of rotatable bonds is 3. The van der Waals surface area contributed by atoms with E-state index < -0.39 is 0 Å². The quantitative estimate of drug-likeness (QED) is 0.916. The topological polar surface area (TPSA) is 37.8 Å². The zero-order valence-electron chi connectivity index (χ0n) is 8.91. The SMILES string of the molecule is CC(Nc1cnc(Br)cn1)C1CCCC1. The largest absolute Gasteiger partial charge is 0.366 e. The van der Waals surface area contributed by atoms with E-state index in [4.69, 9.17) is 0 Å². The first-order valence-electron chi connectivity index (χ1n) is 5.50. The van der Waals surface area contributed by atoms with E-state index in [2.05, 4.69) is 38.1 Å². The van der Waals surface area contributed by atoms with Crippen molar-refractivity contribution in [2.75, 3.05) is 5.32 Å². The number of nitrogens with one attached hydrogen (secondary N) is 1. The van der Waals surface area contributed by atoms with Crippen LogP contribution in [0.3, 0.4) is 0 Å². The highest BCUT2D eigenvalue weighted by Gasteiger charge is 2.21. The molecule has 0 aliphatic heterocycles. The Bertz CT molecular complexity index is 306. The Morgan fingerprint density at radius 3 is 2.67 bits per heavy atom. The molecule has 0 spiro atoms. The van der Waals surface area contributed by atoms with Crippen LogP contribution in [0.15, 0.2) is 17.0 Å². The zero-order valence-corrected chi connectivity index (χ0v) is 10.5. The number of aromatic nitrogens is 2. The third-order valence-corrected chi connectivity index (χ3v) is 3.51. The van der Waals surface area contributed by atoms with Gasteiger partial charge in [-0.3, -0.25) is 0 Å². The van der Waals surface area contributed by atoms with E-state index in [1.54, 1.807) is 12.4 Å². The van der Waals surface area contributed by atoms with Gasteiger partial charge in [0.25, 0.3) is 0 Å². The molecule has 1 heterocycles. The zero-order chi connectivity index (χ0) is 10.7. The van der Waals surface area contributed by atoms with Crippen molar-refractivity contribution >= 4 is 21.7 Å². The summed E-state index contributed by atoms with van der Waals surface area (Å²) in [5.74, 6) is 1.67. The Morgan fingerprint density at radius 1 is 1.33 bits per heavy atom. The van der Waals surface area contributed by atoms with Crippen LogP contribution in [-0.2, 0) is 0 Å². The van der Waals surface area contributed by atoms with Gasteiger partial charge in [-0.15, -0.1) is 0 Å². The van der Waals surface area contributed by atoms with Gasteiger partial charge in [0, 0.05) is 6.04 Å². The maximum Gasteiger partial charge on any atom is 0.144 e. The fraction of sp³-hybridized carbons (Fsp3) is 0.636. The maximum atomic E-state index is 4.27. The van der Waals surface area contributed by atoms with E-state index in [1.807, 2.05) is 0 Å². The fourth-order valence-corrected chi connectivity index (χ4v) is 2.40. The number of hydrogen-bond acceptors (Lipinski definition) is 3. The van der Waals surface area contributed by atoms with E-state index in [1.165, 1.54) is 25.7 Å². The summed E-state index contributed by atoms with van der Waals surface area (Å²) < 4.78 is 0.779. The van der Waals surface area contributed by atoms with Crippen LogP contribution < -0.4 is 5.32 Å². The van der Waals surface area contributed by atoms with Gasteiger partial charge in [-0.05, 0) is 41.6 Å². The van der Waals surface area contributed by atoms with Crippen LogP contribution in [-0.4, -0.2) is 16.0 Å². The van der Waals surface area contributed by atoms with Crippen LogP contribution in [0.5, 0.6) is 0 Å². The standard InChI is InChI=1S/C11H16BrN3/c1-8(9-4-2-3-5-9)15-11-7-13-10(12)6-14-11/h6-9H,2-5H2,1H3,(H,14,15). The molecular weight excluding hydrogens is 254 g/mol. The molecule has 1 unspecified atom stereocenters. The third kappa shape index (κ3) is 2.91. The molecule has 0 radical (unpaired) electrons. The van der Waals surface area contributed by atoms with Gasteiger partial charge in [-0.25, -0.2) is 9.97 Å². The molecule has 1 N–H and O–H groups in total. The molecule has 0 aromatic carbocycles. The monoisotopic (exact) mass is 269 g/mol. The van der Waals surface area contributed by atoms with Gasteiger partial charge in [0.1, 0.15) is 10.4 Å². The molecule has 1 aliphatic carbocycles. The smallest absolute Gasteiger partial charge is 0.144 e. The summed E-state index contributed by atoms with van der Waals surface area (Å²) in [6.45, 7) is 2.24. The van der Waals surface area contributed by atoms with Gasteiger partial charge in [0.15, 0.2) is 0 Å². The summed E-state index contributed by atoms with van der Waals surface area (Å²) in [4.78, 5) is 8.42. The first kappa shape index (κ1) is 10.9. The van der Waals surface area contributed by atoms with Gasteiger partial charge in [-0.1, -0.05) is 12.8 Å². The van der Waals surface area contributed by atoms with Crippen LogP contribution in [0, 0.1) is 5.92 Å². The van der Waals surface area contributed by atoms with E-state index in [0.717, 1.165) is 16.3 Å². The van der Waals surface area contributed by atoms with Crippen LogP contribution in [0.1, 0.15) is 32.6 Å². The van der Waals surface area contributed by atoms with Crippen molar-refractivity contribution < 1.29 is 0 Å². The molecule has 4 heteroatoms. The third-order valence-electron chi connectivity index (χ3n) is 3.10. The second-order valence-electron chi connectivity index (χ2n) is 4.20. The molecule has 0 bridgehead atoms. The first-order valence-corrected chi connectivity index (χ1v) is 6.29. The Hall–Kier alpha value is -0.640. The van der Waals surface area contributed by atoms with Crippen molar-refractivity contribution in [2.45, 2.75) is 38.6 Å². The Labute approximate surface area is 98.8 Å². The molecule has 1 aliphatic rings. The van der Waals surface area contributed by atoms with Crippen LogP contribution >= 0.6 is 15.9 Å². The van der Waals surface area contributed by atoms with Crippen molar-refractivity contribution in [3.63, 3.8) is 0 Å². The Morgan fingerprint density at radius 2 is 2.07 bits per heavy atom. The lowest BCUT2D eigenvalue weighted by atomic mass is 10.00. The van der Waals surface area contributed by atoms with Gasteiger partial charge < -0.3 is 5.32 Å². The van der Waals surface area contributed by atoms with E-state index in [9.17, 15) is 0 Å². The molecule has 1 aromatic rings. The van der Waals surface area contributed by atoms with E-state index in [-0.39, 0.29) is 0 Å². The molecule has 15 heavy (non-hydrogen) atoms. The van der Waals surface area contributed by atoms with Crippen molar-refractivity contribution in [2.24, 2.45) is 5.92 Å². The average molecular weight is 270 g/mol. The second-order valence-corrected chi connectivity index (χ2v) is 5.01. The highest BCUT2D eigenvalue weighted by atomic mass is 79.9. The first-order chi connectivity index (χ1) is 7.25. The van der Waals surface area contributed by atoms with Crippen LogP contribution in [0.4, 0.5) is 5.82 Å². The molecule has 1 saturated carbocycles. The molecule has 82 valence electrons. The number of hydrogen-bond donors (Lipinski definition) is 1. The lowest BCUT2D eigenvalue weighted by Crippen LogP contribution is -2.24. The summed E-state index contributed by atoms with van der Waals surface area (Å²) in [6, 6.07) is 0.503. The summed E-state index contributed by atoms with van der Waals surface area (Å²) in [6.07, 6.45) is 8.95. The number of anilines is 1. The highest BCUT2D eigenvalue weighted by Crippen LogP contribution is 2.28. The van der Waals surface area contributed by atoms with Gasteiger partial charge in [0.2, 0.25) is 0 Å². The second kappa shape index (κ2) is 4.92. The maximum absolute atomic E-state index is 4.27. The predicted molar refractivity (Wildman–Crippen MR) is 64.8 cm³/mol. The van der Waals surface area contributed by atoms with Crippen LogP contribution in [0.2, 0.25) is 0 Å². The minimum atomic E-state index is 0.503. The van der Waals surface area contributed by atoms with Gasteiger partial charge in [-0.2, -0.15) is 0 Å². The van der Waals surface area contributed by atoms with Crippen molar-refractivity contribution in [1.29, 1.82) is 0 Å². The molecule has 1 aromatic heterocycles. The highest BCUT2D eigenvalue weighted by molar-refractivity contribution is 9.10. The minimum Gasteiger partial charge on any atom is -0.366 e. The summed E-state index contributed by atoms with van der Waals surface area (Å²) in [7, 11) is 0. The molecule has 1 atom stereocenters. The summed E-state index contributed by atoms with van der Waals surface area (Å²) in [5.41, 5.74) is 0. The molecule has 1 fully saturated rings. The minimum absolute atomic E-state index is 0.503. The molecule has 2 rings (SSSR count). The Balaban J connectivity index is 1.92. The van der Waals surface area contributed by atoms with E-state index >= 15 is 0 Å².